The maximum atomic E-state index is 12.8. The van der Waals surface area contributed by atoms with Crippen LogP contribution in [0.4, 0.5) is 5.69 Å². The number of amides is 1. The summed E-state index contributed by atoms with van der Waals surface area (Å²) in [6.07, 6.45) is 3.59. The Kier molecular flexibility index (Phi) is 6.20. The van der Waals surface area contributed by atoms with Gasteiger partial charge in [-0.1, -0.05) is 18.2 Å². The van der Waals surface area contributed by atoms with Crippen LogP contribution in [0.2, 0.25) is 0 Å². The number of hydrogen-bond donors (Lipinski definition) is 1. The molecule has 0 bridgehead atoms. The molecule has 31 heavy (non-hydrogen) atoms. The van der Waals surface area contributed by atoms with Crippen LogP contribution in [-0.4, -0.2) is 64.7 Å². The quantitative estimate of drug-likeness (QED) is 0.713. The van der Waals surface area contributed by atoms with Crippen LogP contribution in [0.5, 0.6) is 5.75 Å². The largest absolute Gasteiger partial charge is 0.383 e. The van der Waals surface area contributed by atoms with E-state index >= 15 is 0 Å². The van der Waals surface area contributed by atoms with Gasteiger partial charge in [0.05, 0.1) is 6.26 Å². The molecule has 4 rings (SSSR count). The van der Waals surface area contributed by atoms with Gasteiger partial charge in [-0.15, -0.1) is 0 Å². The van der Waals surface area contributed by atoms with Crippen molar-refractivity contribution in [3.05, 3.63) is 59.2 Å². The number of nitrogens with one attached hydrogen (secondary N) is 1. The third-order valence-electron chi connectivity index (χ3n) is 5.98. The second-order valence-electron chi connectivity index (χ2n) is 8.43. The van der Waals surface area contributed by atoms with Gasteiger partial charge < -0.3 is 19.3 Å². The number of rotatable bonds is 5. The summed E-state index contributed by atoms with van der Waals surface area (Å²) in [7, 11) is -1.49. The molecule has 1 N–H and O–H groups in total. The zero-order chi connectivity index (χ0) is 22.0. The van der Waals surface area contributed by atoms with Crippen molar-refractivity contribution in [1.82, 2.24) is 10.2 Å². The number of piperazine rings is 1. The average Bonchev–Trinajstić information content (AvgIpc) is 2.73. The number of anilines is 1. The summed E-state index contributed by atoms with van der Waals surface area (Å²) in [5.74, 6) is -0.0778. The zero-order valence-electron chi connectivity index (χ0n) is 18.0. The van der Waals surface area contributed by atoms with E-state index < -0.39 is 10.1 Å². The highest BCUT2D eigenvalue weighted by molar-refractivity contribution is 7.86. The molecule has 1 heterocycles. The summed E-state index contributed by atoms with van der Waals surface area (Å²) in [6.45, 7) is 4.12. The molecule has 2 aromatic rings. The van der Waals surface area contributed by atoms with E-state index in [1.807, 2.05) is 0 Å². The highest BCUT2D eigenvalue weighted by atomic mass is 32.2. The van der Waals surface area contributed by atoms with Crippen molar-refractivity contribution in [1.29, 1.82) is 0 Å². The average molecular weight is 444 g/mol. The first-order chi connectivity index (χ1) is 14.8. The molecule has 1 amide bonds. The van der Waals surface area contributed by atoms with Crippen molar-refractivity contribution in [2.45, 2.75) is 25.3 Å². The van der Waals surface area contributed by atoms with E-state index in [0.29, 0.717) is 5.56 Å². The molecule has 0 spiro atoms. The number of likely N-dealkylation sites (N-methyl/N-ethyl adjacent to an activating group) is 1. The Morgan fingerprint density at radius 3 is 2.58 bits per heavy atom. The lowest BCUT2D eigenvalue weighted by atomic mass is 9.86. The predicted molar refractivity (Wildman–Crippen MR) is 121 cm³/mol. The lowest BCUT2D eigenvalue weighted by Gasteiger charge is -2.37. The van der Waals surface area contributed by atoms with Crippen molar-refractivity contribution >= 4 is 21.7 Å². The van der Waals surface area contributed by atoms with Crippen molar-refractivity contribution < 1.29 is 17.4 Å². The summed E-state index contributed by atoms with van der Waals surface area (Å²) >= 11 is 0. The van der Waals surface area contributed by atoms with Crippen molar-refractivity contribution in [2.75, 3.05) is 44.4 Å². The van der Waals surface area contributed by atoms with Crippen molar-refractivity contribution in [3.8, 4) is 5.75 Å². The molecular weight excluding hydrogens is 414 g/mol. The van der Waals surface area contributed by atoms with E-state index in [0.717, 1.165) is 51.7 Å². The third-order valence-corrected chi connectivity index (χ3v) is 6.48. The number of fused-ring (bicyclic) bond motifs is 1. The van der Waals surface area contributed by atoms with Gasteiger partial charge in [-0.2, -0.15) is 8.42 Å². The molecule has 1 unspecified atom stereocenters. The van der Waals surface area contributed by atoms with Crippen molar-refractivity contribution in [3.63, 3.8) is 0 Å². The second-order valence-corrected chi connectivity index (χ2v) is 10.0. The summed E-state index contributed by atoms with van der Waals surface area (Å²) < 4.78 is 27.6. The number of carbonyl (C=O) groups is 1. The maximum Gasteiger partial charge on any atom is 0.306 e. The van der Waals surface area contributed by atoms with Gasteiger partial charge in [0.25, 0.3) is 5.91 Å². The Morgan fingerprint density at radius 1 is 1.10 bits per heavy atom. The van der Waals surface area contributed by atoms with Crippen molar-refractivity contribution in [2.24, 2.45) is 0 Å². The van der Waals surface area contributed by atoms with Crippen LogP contribution in [0.1, 0.15) is 27.9 Å². The summed E-state index contributed by atoms with van der Waals surface area (Å²) in [6, 6.07) is 12.8. The molecule has 0 saturated carbocycles. The lowest BCUT2D eigenvalue weighted by Crippen LogP contribution is -2.45. The van der Waals surface area contributed by atoms with Crippen LogP contribution < -0.4 is 14.4 Å². The van der Waals surface area contributed by atoms with Gasteiger partial charge in [-0.05, 0) is 61.7 Å². The molecule has 1 fully saturated rings. The number of nitrogens with zero attached hydrogens (tertiary/aromatic N) is 2. The fourth-order valence-electron chi connectivity index (χ4n) is 4.37. The highest BCUT2D eigenvalue weighted by Crippen LogP contribution is 2.31. The number of hydrogen-bond acceptors (Lipinski definition) is 6. The van der Waals surface area contributed by atoms with E-state index in [1.54, 1.807) is 12.1 Å². The molecule has 2 aliphatic rings. The minimum Gasteiger partial charge on any atom is -0.383 e. The van der Waals surface area contributed by atoms with Crippen LogP contribution in [0.25, 0.3) is 0 Å². The second kappa shape index (κ2) is 8.88. The topological polar surface area (TPSA) is 79.0 Å². The predicted octanol–water partition coefficient (Wildman–Crippen LogP) is 2.06. The van der Waals surface area contributed by atoms with Gasteiger partial charge in [0.1, 0.15) is 5.75 Å². The first-order valence-corrected chi connectivity index (χ1v) is 12.4. The molecule has 1 aliphatic heterocycles. The minimum absolute atomic E-state index is 0.0353. The zero-order valence-corrected chi connectivity index (χ0v) is 18.8. The fraction of sp³-hybridized carbons (Fsp3) is 0.435. The normalized spacial score (nSPS) is 19.5. The highest BCUT2D eigenvalue weighted by Gasteiger charge is 2.25. The van der Waals surface area contributed by atoms with Gasteiger partial charge in [-0.3, -0.25) is 4.79 Å². The number of carbonyl (C=O) groups excluding carboxylic acids is 1. The first kappa shape index (κ1) is 21.6. The molecule has 1 saturated heterocycles. The Hall–Kier alpha value is -2.58. The molecule has 0 radical (unpaired) electrons. The Balaban J connectivity index is 1.47. The third kappa shape index (κ3) is 5.37. The monoisotopic (exact) mass is 443 g/mol. The van der Waals surface area contributed by atoms with E-state index in [-0.39, 0.29) is 17.7 Å². The molecule has 7 nitrogen and oxygen atoms in total. The molecule has 1 aliphatic carbocycles. The minimum atomic E-state index is -3.64. The van der Waals surface area contributed by atoms with Gasteiger partial charge in [-0.25, -0.2) is 0 Å². The molecule has 166 valence electrons. The van der Waals surface area contributed by atoms with E-state index in [2.05, 4.69) is 40.4 Å². The van der Waals surface area contributed by atoms with Gasteiger partial charge in [0.2, 0.25) is 0 Å². The first-order valence-electron chi connectivity index (χ1n) is 10.6. The van der Waals surface area contributed by atoms with E-state index in [1.165, 1.54) is 28.9 Å². The Morgan fingerprint density at radius 2 is 1.84 bits per heavy atom. The standard InChI is InChI=1S/C23H29N3O4S/c1-25-11-13-26(14-12-25)22-8-4-5-17-9-10-19(16-21(17)22)24-23(27)18-6-3-7-20(15-18)30-31(2,28)29/h3-8,15,19H,9-14,16H2,1-2H3,(H,24,27). The SMILES string of the molecule is CN1CCN(c2cccc3c2CC(NC(=O)c2cccc(OS(C)(=O)=O)c2)CC3)CC1. The van der Waals surface area contributed by atoms with Crippen LogP contribution in [-0.2, 0) is 23.0 Å². The fourth-order valence-corrected chi connectivity index (χ4v) is 4.82. The number of benzene rings is 2. The van der Waals surface area contributed by atoms with Crippen LogP contribution >= 0.6 is 0 Å². The van der Waals surface area contributed by atoms with Gasteiger partial charge in [0, 0.05) is 43.5 Å². The van der Waals surface area contributed by atoms with Crippen LogP contribution in [0.15, 0.2) is 42.5 Å². The molecular formula is C23H29N3O4S. The van der Waals surface area contributed by atoms with Gasteiger partial charge >= 0.3 is 10.1 Å². The van der Waals surface area contributed by atoms with E-state index in [4.69, 9.17) is 4.18 Å². The summed E-state index contributed by atoms with van der Waals surface area (Å²) in [5.41, 5.74) is 4.37. The summed E-state index contributed by atoms with van der Waals surface area (Å²) in [5, 5.41) is 3.13. The van der Waals surface area contributed by atoms with E-state index in [9.17, 15) is 13.2 Å². The van der Waals surface area contributed by atoms with Crippen LogP contribution in [0, 0.1) is 0 Å². The Bertz CT molecular complexity index is 1060. The maximum absolute atomic E-state index is 12.8. The van der Waals surface area contributed by atoms with Gasteiger partial charge in [0.15, 0.2) is 0 Å². The summed E-state index contributed by atoms with van der Waals surface area (Å²) in [4.78, 5) is 17.6. The number of aryl methyl sites for hydroxylation is 1. The smallest absolute Gasteiger partial charge is 0.306 e. The molecule has 0 aromatic heterocycles. The molecule has 1 atom stereocenters. The Labute approximate surface area is 184 Å². The molecule has 2 aromatic carbocycles. The lowest BCUT2D eigenvalue weighted by molar-refractivity contribution is 0.0933. The van der Waals surface area contributed by atoms with Crippen LogP contribution in [0.3, 0.4) is 0 Å². The molecule has 8 heteroatoms.